The van der Waals surface area contributed by atoms with Gasteiger partial charge in [-0.3, -0.25) is 9.59 Å². The van der Waals surface area contributed by atoms with Crippen LogP contribution in [-0.4, -0.2) is 126 Å². The molecule has 6 atom stereocenters. The number of nitrogens with zero attached hydrogens (tertiary/aromatic N) is 11. The third kappa shape index (κ3) is 5.70. The monoisotopic (exact) mass is 818 g/mol. The Morgan fingerprint density at radius 2 is 1.75 bits per heavy atom. The number of hydrogen-bond acceptors (Lipinski definition) is 11. The molecule has 4 aromatic heterocycles. The van der Waals surface area contributed by atoms with Crippen molar-refractivity contribution in [3.05, 3.63) is 78.0 Å². The van der Waals surface area contributed by atoms with E-state index in [0.717, 1.165) is 24.4 Å². The summed E-state index contributed by atoms with van der Waals surface area (Å²) in [5.41, 5.74) is 2.67. The molecule has 308 valence electrons. The van der Waals surface area contributed by atoms with Crippen LogP contribution in [0.3, 0.4) is 0 Å². The van der Waals surface area contributed by atoms with E-state index in [-0.39, 0.29) is 48.2 Å². The van der Waals surface area contributed by atoms with E-state index in [9.17, 15) is 14.0 Å². The Kier molecular flexibility index (Phi) is 8.34. The van der Waals surface area contributed by atoms with E-state index in [1.165, 1.54) is 28.9 Å². The van der Waals surface area contributed by atoms with Gasteiger partial charge >= 0.3 is 0 Å². The van der Waals surface area contributed by atoms with Crippen LogP contribution < -0.4 is 15.1 Å². The van der Waals surface area contributed by atoms with Gasteiger partial charge in [-0.1, -0.05) is 6.07 Å². The summed E-state index contributed by atoms with van der Waals surface area (Å²) in [7, 11) is 3.35. The Labute approximate surface area is 341 Å². The van der Waals surface area contributed by atoms with Crippen molar-refractivity contribution in [3.8, 4) is 16.9 Å². The van der Waals surface area contributed by atoms with Gasteiger partial charge in [0.15, 0.2) is 11.5 Å². The highest BCUT2D eigenvalue weighted by Crippen LogP contribution is 2.45. The van der Waals surface area contributed by atoms with Gasteiger partial charge in [-0.25, -0.2) is 27.8 Å². The SMILES string of the molecule is CO[C@H]1CN(C)C(=O)[C@@H]2C[C@@H](CN2c2nc(N3[C@@H]4C[C@H]3[C@@H]3CCC(=O)N3C4)nc3c2cnn3-c2ccc(F)cc2F)Nc2cccc(n2)-c2cc(F)cc3nc(C)n(c23)C1. The Morgan fingerprint density at radius 3 is 2.58 bits per heavy atom. The maximum absolute atomic E-state index is 15.5. The van der Waals surface area contributed by atoms with Gasteiger partial charge in [0, 0.05) is 64.0 Å². The second-order valence-electron chi connectivity index (χ2n) is 16.6. The highest BCUT2D eigenvalue weighted by Gasteiger charge is 2.55. The van der Waals surface area contributed by atoms with Crippen molar-refractivity contribution in [2.24, 2.45) is 0 Å². The maximum Gasteiger partial charge on any atom is 0.245 e. The molecule has 6 aliphatic heterocycles. The smallest absolute Gasteiger partial charge is 0.245 e. The van der Waals surface area contributed by atoms with Crippen LogP contribution in [0.1, 0.15) is 31.5 Å². The van der Waals surface area contributed by atoms with E-state index >= 15 is 8.78 Å². The van der Waals surface area contributed by atoms with Crippen molar-refractivity contribution >= 4 is 51.5 Å². The summed E-state index contributed by atoms with van der Waals surface area (Å²) in [6.07, 6.45) is 3.59. The van der Waals surface area contributed by atoms with Crippen LogP contribution in [0.5, 0.6) is 0 Å². The molecule has 0 aliphatic carbocycles. The summed E-state index contributed by atoms with van der Waals surface area (Å²) in [6.45, 7) is 3.30. The first-order valence-electron chi connectivity index (χ1n) is 20.3. The van der Waals surface area contributed by atoms with Crippen molar-refractivity contribution in [1.29, 1.82) is 0 Å². The molecule has 0 spiro atoms. The van der Waals surface area contributed by atoms with E-state index in [1.807, 2.05) is 39.5 Å². The largest absolute Gasteiger partial charge is 0.378 e. The lowest BCUT2D eigenvalue weighted by atomic mass is 9.82. The fraction of sp³-hybridized carbons (Fsp3) is 0.405. The predicted molar refractivity (Wildman–Crippen MR) is 215 cm³/mol. The summed E-state index contributed by atoms with van der Waals surface area (Å²) in [4.78, 5) is 55.3. The Hall–Kier alpha value is -6.30. The molecule has 5 saturated heterocycles. The lowest BCUT2D eigenvalue weighted by Crippen LogP contribution is -2.72. The molecule has 2 amide bonds. The molecule has 2 aromatic carbocycles. The number of carbonyl (C=O) groups excluding carboxylic acids is 2. The number of benzene rings is 2. The number of aryl methyl sites for hydroxylation is 1. The first kappa shape index (κ1) is 36.8. The van der Waals surface area contributed by atoms with Gasteiger partial charge in [-0.05, 0) is 56.5 Å². The van der Waals surface area contributed by atoms with Crippen LogP contribution >= 0.6 is 0 Å². The van der Waals surface area contributed by atoms with E-state index in [1.54, 1.807) is 25.3 Å². The fourth-order valence-electron chi connectivity index (χ4n) is 10.2. The third-order valence-electron chi connectivity index (χ3n) is 13.1. The molecule has 1 N–H and O–H groups in total. The predicted octanol–water partition coefficient (Wildman–Crippen LogP) is 4.45. The number of hydrogen-bond donors (Lipinski definition) is 1. The van der Waals surface area contributed by atoms with Crippen LogP contribution in [0.15, 0.2) is 54.7 Å². The van der Waals surface area contributed by atoms with Crippen molar-refractivity contribution in [2.45, 2.75) is 75.5 Å². The molecule has 6 aliphatic rings. The number of carbonyl (C=O) groups is 2. The number of imidazole rings is 1. The van der Waals surface area contributed by atoms with Gasteiger partial charge in [0.25, 0.3) is 0 Å². The van der Waals surface area contributed by atoms with Gasteiger partial charge in [0.2, 0.25) is 17.8 Å². The number of anilines is 3. The van der Waals surface area contributed by atoms with Gasteiger partial charge in [0.05, 0.1) is 59.1 Å². The molecule has 15 nitrogen and oxygen atoms in total. The van der Waals surface area contributed by atoms with Crippen LogP contribution in [0.25, 0.3) is 39.0 Å². The number of amides is 2. The van der Waals surface area contributed by atoms with Crippen LogP contribution in [-0.2, 0) is 20.9 Å². The standard InChI is InChI=1S/C42H41F3N12O3/c1-21-47-31-13-23(44)11-27-30-5-4-6-36(49-30)48-24-14-35(41(59)52(2)19-26(60-3)20-53(21)38(27)31)55(17-24)39-28-16-46-57(32-8-7-22(43)12-29(32)45)40(28)51-42(50-39)56-25-15-34(56)33-9-10-37(58)54(33)18-25/h4-8,11-13,16,24-26,33-35H,9-10,14-15,17-20H2,1-3H3,(H,48,49)/t24-,25+,26-,33-,34-,35-/m0/s1. The second kappa shape index (κ2) is 13.6. The molecule has 6 bridgehead atoms. The minimum atomic E-state index is -0.810. The van der Waals surface area contributed by atoms with Crippen molar-refractivity contribution in [3.63, 3.8) is 0 Å². The Balaban J connectivity index is 1.04. The zero-order chi connectivity index (χ0) is 41.1. The number of methoxy groups -OCH3 is 1. The fourth-order valence-corrected chi connectivity index (χ4v) is 10.2. The van der Waals surface area contributed by atoms with Crippen LogP contribution in [0.4, 0.5) is 30.8 Å². The first-order chi connectivity index (χ1) is 29.0. The third-order valence-corrected chi connectivity index (χ3v) is 13.1. The second-order valence-corrected chi connectivity index (χ2v) is 16.6. The summed E-state index contributed by atoms with van der Waals surface area (Å²) in [5, 5.41) is 8.62. The van der Waals surface area contributed by atoms with E-state index in [0.29, 0.717) is 83.7 Å². The lowest BCUT2D eigenvalue weighted by molar-refractivity contribution is -0.133. The summed E-state index contributed by atoms with van der Waals surface area (Å²) in [5.74, 6) is 0.0673. The van der Waals surface area contributed by atoms with Crippen molar-refractivity contribution in [1.82, 2.24) is 44.1 Å². The molecule has 10 heterocycles. The van der Waals surface area contributed by atoms with E-state index in [2.05, 4.69) is 15.3 Å². The van der Waals surface area contributed by atoms with Crippen LogP contribution in [0, 0.1) is 24.4 Å². The average molecular weight is 819 g/mol. The number of halogens is 3. The molecule has 18 heteroatoms. The number of ether oxygens (including phenoxy) is 1. The molecule has 6 aromatic rings. The van der Waals surface area contributed by atoms with Crippen LogP contribution in [0.2, 0.25) is 0 Å². The van der Waals surface area contributed by atoms with Gasteiger partial charge in [-0.2, -0.15) is 15.1 Å². The van der Waals surface area contributed by atoms with Crippen molar-refractivity contribution < 1.29 is 27.5 Å². The highest BCUT2D eigenvalue weighted by atomic mass is 19.1. The molecule has 0 saturated carbocycles. The number of aromatic nitrogens is 7. The molecule has 12 rings (SSSR count). The molecular formula is C42H41F3N12O3. The first-order valence-corrected chi connectivity index (χ1v) is 20.3. The molecule has 60 heavy (non-hydrogen) atoms. The number of piperidine rings is 1. The number of likely N-dealkylation sites (N-methyl/N-ethyl adjacent to an activating group) is 1. The van der Waals surface area contributed by atoms with Crippen molar-refractivity contribution in [2.75, 3.05) is 48.9 Å². The minimum absolute atomic E-state index is 0.00199. The zero-order valence-electron chi connectivity index (χ0n) is 33.1. The quantitative estimate of drug-likeness (QED) is 0.270. The lowest BCUT2D eigenvalue weighted by Gasteiger charge is -2.58. The van der Waals surface area contributed by atoms with E-state index < -0.39 is 29.6 Å². The Morgan fingerprint density at radius 1 is 0.883 bits per heavy atom. The summed E-state index contributed by atoms with van der Waals surface area (Å²) in [6, 6.07) is 10.7. The number of fused-ring (bicyclic) bond motifs is 6. The van der Waals surface area contributed by atoms with E-state index in [4.69, 9.17) is 24.7 Å². The number of rotatable bonds is 4. The zero-order valence-corrected chi connectivity index (χ0v) is 33.1. The molecule has 0 unspecified atom stereocenters. The van der Waals surface area contributed by atoms with Gasteiger partial charge < -0.3 is 34.2 Å². The number of piperazine rings is 1. The number of nitrogens with one attached hydrogen (secondary N) is 1. The number of pyridine rings is 1. The maximum atomic E-state index is 15.5. The highest BCUT2D eigenvalue weighted by molar-refractivity contribution is 5.94. The van der Waals surface area contributed by atoms with Gasteiger partial charge in [0.1, 0.15) is 40.8 Å². The Bertz CT molecular complexity index is 2760. The molecule has 5 fully saturated rings. The normalized spacial score (nSPS) is 25.1. The summed E-state index contributed by atoms with van der Waals surface area (Å²) >= 11 is 0. The van der Waals surface area contributed by atoms with Gasteiger partial charge in [-0.15, -0.1) is 0 Å². The topological polar surface area (TPSA) is 143 Å². The average Bonchev–Trinajstić information content (AvgIpc) is 4.01. The molecule has 0 radical (unpaired) electrons. The minimum Gasteiger partial charge on any atom is -0.378 e. The molecular weight excluding hydrogens is 778 g/mol. The summed E-state index contributed by atoms with van der Waals surface area (Å²) < 4.78 is 54.1.